The van der Waals surface area contributed by atoms with E-state index in [1.165, 1.54) is 6.07 Å². The molecule has 1 aliphatic heterocycles. The standard InChI is InChI=1S/C15H22ClFN2/c1-12(2)11-18-6-8-19(9-7-18)15-13(10-16)4-3-5-14(15)17/h3-5,12H,6-11H2,1-2H3. The molecule has 0 spiro atoms. The lowest BCUT2D eigenvalue weighted by Gasteiger charge is -2.37. The van der Waals surface area contributed by atoms with Crippen molar-refractivity contribution >= 4 is 17.3 Å². The summed E-state index contributed by atoms with van der Waals surface area (Å²) in [6, 6.07) is 5.16. The fourth-order valence-electron chi connectivity index (χ4n) is 2.69. The van der Waals surface area contributed by atoms with Gasteiger partial charge in [0.2, 0.25) is 0 Å². The number of alkyl halides is 1. The van der Waals surface area contributed by atoms with Crippen LogP contribution in [0.15, 0.2) is 18.2 Å². The van der Waals surface area contributed by atoms with Crippen LogP contribution in [-0.2, 0) is 5.88 Å². The maximum absolute atomic E-state index is 14.0. The summed E-state index contributed by atoms with van der Waals surface area (Å²) in [4.78, 5) is 4.58. The number of benzene rings is 1. The predicted octanol–water partition coefficient (Wildman–Crippen LogP) is 3.34. The number of piperazine rings is 1. The van der Waals surface area contributed by atoms with Crippen LogP contribution in [0.5, 0.6) is 0 Å². The molecule has 0 bridgehead atoms. The van der Waals surface area contributed by atoms with E-state index in [1.807, 2.05) is 6.07 Å². The number of hydrogen-bond acceptors (Lipinski definition) is 2. The van der Waals surface area contributed by atoms with Gasteiger partial charge in [-0.2, -0.15) is 0 Å². The Hall–Kier alpha value is -0.800. The van der Waals surface area contributed by atoms with Crippen molar-refractivity contribution in [1.82, 2.24) is 4.90 Å². The molecule has 1 aromatic carbocycles. The number of anilines is 1. The Bertz CT molecular complexity index is 415. The Balaban J connectivity index is 2.05. The Kier molecular flexibility index (Phi) is 5.06. The van der Waals surface area contributed by atoms with Gasteiger partial charge in [-0.3, -0.25) is 4.90 Å². The van der Waals surface area contributed by atoms with E-state index in [9.17, 15) is 4.39 Å². The van der Waals surface area contributed by atoms with E-state index in [1.54, 1.807) is 6.07 Å². The van der Waals surface area contributed by atoms with Gasteiger partial charge < -0.3 is 4.90 Å². The third-order valence-corrected chi connectivity index (χ3v) is 3.81. The first-order chi connectivity index (χ1) is 9.11. The summed E-state index contributed by atoms with van der Waals surface area (Å²) in [7, 11) is 0. The second-order valence-electron chi connectivity index (χ2n) is 5.56. The van der Waals surface area contributed by atoms with Crippen LogP contribution in [0.1, 0.15) is 19.4 Å². The summed E-state index contributed by atoms with van der Waals surface area (Å²) in [6.45, 7) is 9.31. The number of halogens is 2. The van der Waals surface area contributed by atoms with Gasteiger partial charge in [-0.15, -0.1) is 11.6 Å². The van der Waals surface area contributed by atoms with Gasteiger partial charge in [0.1, 0.15) is 5.82 Å². The van der Waals surface area contributed by atoms with Crippen LogP contribution in [0, 0.1) is 11.7 Å². The number of nitrogens with zero attached hydrogens (tertiary/aromatic N) is 2. The van der Waals surface area contributed by atoms with Crippen LogP contribution in [0.4, 0.5) is 10.1 Å². The molecule has 1 aromatic rings. The Morgan fingerprint density at radius 3 is 2.47 bits per heavy atom. The zero-order valence-corrected chi connectivity index (χ0v) is 12.5. The minimum absolute atomic E-state index is 0.157. The zero-order chi connectivity index (χ0) is 13.8. The van der Waals surface area contributed by atoms with Crippen LogP contribution in [0.25, 0.3) is 0 Å². The molecule has 1 heterocycles. The van der Waals surface area contributed by atoms with Crippen molar-refractivity contribution < 1.29 is 4.39 Å². The zero-order valence-electron chi connectivity index (χ0n) is 11.7. The van der Waals surface area contributed by atoms with E-state index in [0.717, 1.165) is 38.3 Å². The maximum Gasteiger partial charge on any atom is 0.146 e. The molecule has 0 amide bonds. The molecular formula is C15H22ClFN2. The molecule has 1 aliphatic rings. The minimum atomic E-state index is -0.157. The van der Waals surface area contributed by atoms with Crippen LogP contribution in [0.2, 0.25) is 0 Å². The number of para-hydroxylation sites is 1. The van der Waals surface area contributed by atoms with Crippen LogP contribution in [0.3, 0.4) is 0 Å². The maximum atomic E-state index is 14.0. The molecule has 4 heteroatoms. The first-order valence-corrected chi connectivity index (χ1v) is 7.46. The molecule has 1 saturated heterocycles. The fourth-order valence-corrected chi connectivity index (χ4v) is 2.91. The summed E-state index contributed by atoms with van der Waals surface area (Å²) in [6.07, 6.45) is 0. The van der Waals surface area contributed by atoms with E-state index in [0.29, 0.717) is 17.5 Å². The quantitative estimate of drug-likeness (QED) is 0.783. The lowest BCUT2D eigenvalue weighted by molar-refractivity contribution is 0.230. The van der Waals surface area contributed by atoms with Gasteiger partial charge in [0.15, 0.2) is 0 Å². The van der Waals surface area contributed by atoms with E-state index in [4.69, 9.17) is 11.6 Å². The summed E-state index contributed by atoms with van der Waals surface area (Å²) < 4.78 is 14.0. The number of rotatable bonds is 4. The summed E-state index contributed by atoms with van der Waals surface area (Å²) in [5.41, 5.74) is 1.58. The molecule has 1 fully saturated rings. The van der Waals surface area contributed by atoms with Gasteiger partial charge in [-0.05, 0) is 17.5 Å². The van der Waals surface area contributed by atoms with Crippen molar-refractivity contribution in [1.29, 1.82) is 0 Å². The normalized spacial score (nSPS) is 17.2. The topological polar surface area (TPSA) is 6.48 Å². The predicted molar refractivity (Wildman–Crippen MR) is 79.4 cm³/mol. The average Bonchev–Trinajstić information content (AvgIpc) is 2.39. The fraction of sp³-hybridized carbons (Fsp3) is 0.600. The lowest BCUT2D eigenvalue weighted by atomic mass is 10.1. The molecule has 0 atom stereocenters. The third kappa shape index (κ3) is 3.61. The second-order valence-corrected chi connectivity index (χ2v) is 5.83. The van der Waals surface area contributed by atoms with Crippen molar-refractivity contribution in [2.45, 2.75) is 19.7 Å². The van der Waals surface area contributed by atoms with Gasteiger partial charge in [0.05, 0.1) is 5.69 Å². The van der Waals surface area contributed by atoms with Gasteiger partial charge in [0.25, 0.3) is 0 Å². The van der Waals surface area contributed by atoms with Crippen LogP contribution >= 0.6 is 11.6 Å². The van der Waals surface area contributed by atoms with Crippen LogP contribution in [-0.4, -0.2) is 37.6 Å². The van der Waals surface area contributed by atoms with E-state index >= 15 is 0 Å². The van der Waals surface area contributed by atoms with Crippen molar-refractivity contribution in [2.24, 2.45) is 5.92 Å². The highest BCUT2D eigenvalue weighted by atomic mass is 35.5. The first kappa shape index (κ1) is 14.6. The molecule has 19 heavy (non-hydrogen) atoms. The molecular weight excluding hydrogens is 263 g/mol. The van der Waals surface area contributed by atoms with Crippen molar-refractivity contribution in [3.8, 4) is 0 Å². The Labute approximate surface area is 120 Å². The van der Waals surface area contributed by atoms with E-state index < -0.39 is 0 Å². The minimum Gasteiger partial charge on any atom is -0.366 e. The molecule has 0 radical (unpaired) electrons. The lowest BCUT2D eigenvalue weighted by Crippen LogP contribution is -2.48. The molecule has 0 saturated carbocycles. The second kappa shape index (κ2) is 6.58. The summed E-state index contributed by atoms with van der Waals surface area (Å²) in [5, 5.41) is 0. The van der Waals surface area contributed by atoms with Gasteiger partial charge in [-0.1, -0.05) is 26.0 Å². The highest BCUT2D eigenvalue weighted by Gasteiger charge is 2.21. The molecule has 0 N–H and O–H groups in total. The summed E-state index contributed by atoms with van der Waals surface area (Å²) in [5.74, 6) is 0.883. The van der Waals surface area contributed by atoms with Crippen LogP contribution < -0.4 is 4.90 Å². The van der Waals surface area contributed by atoms with Gasteiger partial charge in [-0.25, -0.2) is 4.39 Å². The summed E-state index contributed by atoms with van der Waals surface area (Å²) >= 11 is 5.92. The molecule has 2 nitrogen and oxygen atoms in total. The van der Waals surface area contributed by atoms with Crippen molar-refractivity contribution in [3.05, 3.63) is 29.6 Å². The Morgan fingerprint density at radius 2 is 1.89 bits per heavy atom. The SMILES string of the molecule is CC(C)CN1CCN(c2c(F)cccc2CCl)CC1. The van der Waals surface area contributed by atoms with E-state index in [-0.39, 0.29) is 5.82 Å². The van der Waals surface area contributed by atoms with E-state index in [2.05, 4.69) is 23.6 Å². The monoisotopic (exact) mass is 284 g/mol. The number of hydrogen-bond donors (Lipinski definition) is 0. The molecule has 0 aromatic heterocycles. The molecule has 106 valence electrons. The highest BCUT2D eigenvalue weighted by Crippen LogP contribution is 2.27. The Morgan fingerprint density at radius 1 is 1.21 bits per heavy atom. The third-order valence-electron chi connectivity index (χ3n) is 3.53. The largest absolute Gasteiger partial charge is 0.366 e. The first-order valence-electron chi connectivity index (χ1n) is 6.92. The molecule has 0 unspecified atom stereocenters. The molecule has 0 aliphatic carbocycles. The highest BCUT2D eigenvalue weighted by molar-refractivity contribution is 6.17. The molecule has 2 rings (SSSR count). The van der Waals surface area contributed by atoms with Crippen molar-refractivity contribution in [2.75, 3.05) is 37.6 Å². The van der Waals surface area contributed by atoms with Gasteiger partial charge in [0, 0.05) is 38.6 Å². The van der Waals surface area contributed by atoms with Gasteiger partial charge >= 0.3 is 0 Å². The smallest absolute Gasteiger partial charge is 0.146 e. The average molecular weight is 285 g/mol. The van der Waals surface area contributed by atoms with Crippen molar-refractivity contribution in [3.63, 3.8) is 0 Å².